The Morgan fingerprint density at radius 1 is 1.32 bits per heavy atom. The predicted octanol–water partition coefficient (Wildman–Crippen LogP) is 3.33. The number of aryl methyl sites for hydroxylation is 2. The van der Waals surface area contributed by atoms with E-state index in [9.17, 15) is 0 Å². The number of nitrogens with one attached hydrogen (secondary N) is 1. The number of oxazole rings is 1. The molecule has 0 spiro atoms. The van der Waals surface area contributed by atoms with Crippen LogP contribution in [0.15, 0.2) is 34.9 Å². The van der Waals surface area contributed by atoms with Crippen molar-refractivity contribution in [2.24, 2.45) is 0 Å². The number of hydrogen-bond donors (Lipinski definition) is 1. The van der Waals surface area contributed by atoms with E-state index < -0.39 is 0 Å². The molecular weight excluding hydrogens is 236 g/mol. The van der Waals surface area contributed by atoms with Gasteiger partial charge in [0.15, 0.2) is 11.7 Å². The molecule has 3 heteroatoms. The molecule has 1 N–H and O–H groups in total. The molecule has 19 heavy (non-hydrogen) atoms. The quantitative estimate of drug-likeness (QED) is 0.806. The van der Waals surface area contributed by atoms with Gasteiger partial charge in [0.2, 0.25) is 0 Å². The van der Waals surface area contributed by atoms with Gasteiger partial charge in [0.05, 0.1) is 6.20 Å². The molecule has 2 aromatic rings. The maximum atomic E-state index is 5.83. The number of benzene rings is 1. The summed E-state index contributed by atoms with van der Waals surface area (Å²) in [7, 11) is 0. The molecule has 0 unspecified atom stereocenters. The van der Waals surface area contributed by atoms with E-state index >= 15 is 0 Å². The minimum atomic E-state index is 0.784. The SMILES string of the molecule is Cc1ccccc1-c1cnc(CCCNC2CC2)o1. The first-order chi connectivity index (χ1) is 9.33. The van der Waals surface area contributed by atoms with E-state index in [0.717, 1.165) is 42.6 Å². The molecule has 1 aromatic carbocycles. The third-order valence-electron chi connectivity index (χ3n) is 3.54. The van der Waals surface area contributed by atoms with Gasteiger partial charge in [-0.1, -0.05) is 24.3 Å². The van der Waals surface area contributed by atoms with E-state index in [2.05, 4.69) is 29.4 Å². The van der Waals surface area contributed by atoms with Crippen molar-refractivity contribution in [1.29, 1.82) is 0 Å². The van der Waals surface area contributed by atoms with Gasteiger partial charge in [-0.05, 0) is 38.3 Å². The highest BCUT2D eigenvalue weighted by molar-refractivity contribution is 5.60. The van der Waals surface area contributed by atoms with Gasteiger partial charge < -0.3 is 9.73 Å². The molecule has 0 amide bonds. The molecule has 3 rings (SSSR count). The van der Waals surface area contributed by atoms with Gasteiger partial charge in [-0.2, -0.15) is 0 Å². The molecule has 0 aliphatic heterocycles. The van der Waals surface area contributed by atoms with Crippen molar-refractivity contribution in [3.8, 4) is 11.3 Å². The maximum Gasteiger partial charge on any atom is 0.194 e. The topological polar surface area (TPSA) is 38.1 Å². The van der Waals surface area contributed by atoms with Gasteiger partial charge in [0, 0.05) is 18.0 Å². The van der Waals surface area contributed by atoms with Gasteiger partial charge in [0.25, 0.3) is 0 Å². The van der Waals surface area contributed by atoms with Crippen LogP contribution >= 0.6 is 0 Å². The van der Waals surface area contributed by atoms with E-state index in [4.69, 9.17) is 4.42 Å². The highest BCUT2D eigenvalue weighted by Gasteiger charge is 2.19. The highest BCUT2D eigenvalue weighted by atomic mass is 16.4. The summed E-state index contributed by atoms with van der Waals surface area (Å²) in [6.45, 7) is 3.16. The summed E-state index contributed by atoms with van der Waals surface area (Å²) in [6.07, 6.45) is 6.52. The Labute approximate surface area is 114 Å². The van der Waals surface area contributed by atoms with Crippen molar-refractivity contribution in [3.05, 3.63) is 41.9 Å². The smallest absolute Gasteiger partial charge is 0.194 e. The molecular formula is C16H20N2O. The number of nitrogens with zero attached hydrogens (tertiary/aromatic N) is 1. The van der Waals surface area contributed by atoms with Crippen LogP contribution in [0.3, 0.4) is 0 Å². The van der Waals surface area contributed by atoms with Crippen LogP contribution in [0.25, 0.3) is 11.3 Å². The van der Waals surface area contributed by atoms with Crippen LogP contribution in [0.2, 0.25) is 0 Å². The third-order valence-corrected chi connectivity index (χ3v) is 3.54. The van der Waals surface area contributed by atoms with Crippen molar-refractivity contribution in [3.63, 3.8) is 0 Å². The molecule has 1 aromatic heterocycles. The lowest BCUT2D eigenvalue weighted by atomic mass is 10.1. The average Bonchev–Trinajstić information content (AvgIpc) is 3.13. The van der Waals surface area contributed by atoms with Crippen molar-refractivity contribution in [1.82, 2.24) is 10.3 Å². The Hall–Kier alpha value is -1.61. The summed E-state index contributed by atoms with van der Waals surface area (Å²) in [5.41, 5.74) is 2.36. The minimum absolute atomic E-state index is 0.784. The molecule has 0 saturated heterocycles. The summed E-state index contributed by atoms with van der Waals surface area (Å²) < 4.78 is 5.83. The van der Waals surface area contributed by atoms with Gasteiger partial charge in [-0.25, -0.2) is 4.98 Å². The van der Waals surface area contributed by atoms with Crippen LogP contribution in [0.4, 0.5) is 0 Å². The second-order valence-electron chi connectivity index (χ2n) is 5.27. The largest absolute Gasteiger partial charge is 0.441 e. The summed E-state index contributed by atoms with van der Waals surface area (Å²) in [6, 6.07) is 9.03. The summed E-state index contributed by atoms with van der Waals surface area (Å²) in [5, 5.41) is 3.50. The molecule has 0 bridgehead atoms. The van der Waals surface area contributed by atoms with Crippen molar-refractivity contribution >= 4 is 0 Å². The molecule has 3 nitrogen and oxygen atoms in total. The molecule has 1 saturated carbocycles. The number of rotatable bonds is 6. The van der Waals surface area contributed by atoms with Gasteiger partial charge in [0.1, 0.15) is 0 Å². The summed E-state index contributed by atoms with van der Waals surface area (Å²) >= 11 is 0. The third kappa shape index (κ3) is 3.24. The second-order valence-corrected chi connectivity index (χ2v) is 5.27. The highest BCUT2D eigenvalue weighted by Crippen LogP contribution is 2.24. The van der Waals surface area contributed by atoms with Crippen LogP contribution in [-0.4, -0.2) is 17.6 Å². The van der Waals surface area contributed by atoms with Crippen molar-refractivity contribution < 1.29 is 4.42 Å². The normalized spacial score (nSPS) is 14.8. The lowest BCUT2D eigenvalue weighted by Crippen LogP contribution is -2.17. The maximum absolute atomic E-state index is 5.83. The number of hydrogen-bond acceptors (Lipinski definition) is 3. The monoisotopic (exact) mass is 256 g/mol. The first-order valence-corrected chi connectivity index (χ1v) is 7.07. The average molecular weight is 256 g/mol. The molecule has 1 heterocycles. The number of aromatic nitrogens is 1. The fraction of sp³-hybridized carbons (Fsp3) is 0.438. The Morgan fingerprint density at radius 3 is 2.95 bits per heavy atom. The van der Waals surface area contributed by atoms with Gasteiger partial charge in [-0.15, -0.1) is 0 Å². The standard InChI is InChI=1S/C16H20N2O/c1-12-5-2-3-6-14(12)15-11-18-16(19-15)7-4-10-17-13-8-9-13/h2-3,5-6,11,13,17H,4,7-10H2,1H3. The molecule has 0 radical (unpaired) electrons. The van der Waals surface area contributed by atoms with Gasteiger partial charge >= 0.3 is 0 Å². The molecule has 100 valence electrons. The Kier molecular flexibility index (Phi) is 3.65. The predicted molar refractivity (Wildman–Crippen MR) is 76.0 cm³/mol. The van der Waals surface area contributed by atoms with Crippen molar-refractivity contribution in [2.75, 3.05) is 6.54 Å². The zero-order valence-corrected chi connectivity index (χ0v) is 11.4. The Bertz CT molecular complexity index is 543. The Balaban J connectivity index is 1.57. The first-order valence-electron chi connectivity index (χ1n) is 7.07. The van der Waals surface area contributed by atoms with Crippen LogP contribution in [-0.2, 0) is 6.42 Å². The first kappa shape index (κ1) is 12.4. The van der Waals surface area contributed by atoms with Crippen molar-refractivity contribution in [2.45, 2.75) is 38.6 Å². The lowest BCUT2D eigenvalue weighted by Gasteiger charge is -2.01. The lowest BCUT2D eigenvalue weighted by molar-refractivity contribution is 0.491. The molecule has 0 atom stereocenters. The summed E-state index contributed by atoms with van der Waals surface area (Å²) in [5.74, 6) is 1.72. The Morgan fingerprint density at radius 2 is 2.16 bits per heavy atom. The zero-order valence-electron chi connectivity index (χ0n) is 11.4. The van der Waals surface area contributed by atoms with E-state index in [0.29, 0.717) is 0 Å². The minimum Gasteiger partial charge on any atom is -0.441 e. The fourth-order valence-electron chi connectivity index (χ4n) is 2.23. The molecule has 1 fully saturated rings. The molecule has 1 aliphatic carbocycles. The van der Waals surface area contributed by atoms with Crippen LogP contribution in [0.1, 0.15) is 30.7 Å². The van der Waals surface area contributed by atoms with Crippen LogP contribution in [0, 0.1) is 6.92 Å². The summed E-state index contributed by atoms with van der Waals surface area (Å²) in [4.78, 5) is 4.37. The van der Waals surface area contributed by atoms with Crippen LogP contribution < -0.4 is 5.32 Å². The zero-order chi connectivity index (χ0) is 13.1. The fourth-order valence-corrected chi connectivity index (χ4v) is 2.23. The van der Waals surface area contributed by atoms with Gasteiger partial charge in [-0.3, -0.25) is 0 Å². The van der Waals surface area contributed by atoms with E-state index in [1.165, 1.54) is 18.4 Å². The molecule has 1 aliphatic rings. The van der Waals surface area contributed by atoms with E-state index in [1.54, 1.807) is 0 Å². The van der Waals surface area contributed by atoms with E-state index in [1.807, 2.05) is 18.3 Å². The van der Waals surface area contributed by atoms with E-state index in [-0.39, 0.29) is 0 Å². The second kappa shape index (κ2) is 5.57. The van der Waals surface area contributed by atoms with Crippen LogP contribution in [0.5, 0.6) is 0 Å².